The summed E-state index contributed by atoms with van der Waals surface area (Å²) in [6.07, 6.45) is 1.87. The molecule has 1 atom stereocenters. The molecule has 4 aromatic rings. The van der Waals surface area contributed by atoms with E-state index in [9.17, 15) is 13.2 Å². The Hall–Kier alpha value is -4.25. The Morgan fingerprint density at radius 1 is 1.09 bits per heavy atom. The number of hydrogen-bond donors (Lipinski definition) is 1. The first-order valence-corrected chi connectivity index (χ1v) is 12.4. The van der Waals surface area contributed by atoms with Crippen LogP contribution in [-0.2, 0) is 9.84 Å². The maximum atomic E-state index is 12.4. The molecule has 1 saturated heterocycles. The fourth-order valence-electron chi connectivity index (χ4n) is 4.12. The van der Waals surface area contributed by atoms with Crippen LogP contribution in [0.15, 0.2) is 72.9 Å². The number of nitrogens with two attached hydrogens (primary N) is 1. The van der Waals surface area contributed by atoms with Gasteiger partial charge in [0.25, 0.3) is 9.84 Å². The highest BCUT2D eigenvalue weighted by Crippen LogP contribution is 2.35. The van der Waals surface area contributed by atoms with Gasteiger partial charge in [0, 0.05) is 24.1 Å². The van der Waals surface area contributed by atoms with E-state index in [2.05, 4.69) is 16.5 Å². The molecule has 1 amide bonds. The minimum Gasteiger partial charge on any atom is -0.457 e. The summed E-state index contributed by atoms with van der Waals surface area (Å²) in [5.41, 5.74) is 8.10. The first kappa shape index (κ1) is 22.5. The number of amides is 1. The van der Waals surface area contributed by atoms with Crippen LogP contribution in [0.4, 0.5) is 10.6 Å². The molecule has 11 heteroatoms. The number of nitrogens with zero attached hydrogens (tertiary/aromatic N) is 5. The van der Waals surface area contributed by atoms with Gasteiger partial charge in [-0.15, -0.1) is 0 Å². The Morgan fingerprint density at radius 3 is 2.51 bits per heavy atom. The van der Waals surface area contributed by atoms with Crippen LogP contribution in [0.5, 0.6) is 11.5 Å². The second-order valence-corrected chi connectivity index (χ2v) is 9.83. The molecule has 10 nitrogen and oxygen atoms in total. The molecule has 1 unspecified atom stereocenters. The number of sulfone groups is 1. The first-order chi connectivity index (χ1) is 16.9. The SMILES string of the molecule is C=CS(=O)(=O)C(=O)N1CCC(n2nc(-c3ccc(Oc4ccccc4)cc3)c3c(N)ncnc32)C1. The minimum atomic E-state index is -4.04. The van der Waals surface area contributed by atoms with Crippen molar-refractivity contribution in [2.75, 3.05) is 18.8 Å². The molecule has 1 aliphatic rings. The summed E-state index contributed by atoms with van der Waals surface area (Å²) in [4.78, 5) is 22.2. The van der Waals surface area contributed by atoms with Gasteiger partial charge in [0.1, 0.15) is 29.3 Å². The molecule has 35 heavy (non-hydrogen) atoms. The lowest BCUT2D eigenvalue weighted by atomic mass is 10.1. The zero-order valence-electron chi connectivity index (χ0n) is 18.6. The Morgan fingerprint density at radius 2 is 1.80 bits per heavy atom. The van der Waals surface area contributed by atoms with Crippen LogP contribution < -0.4 is 10.5 Å². The van der Waals surface area contributed by atoms with Gasteiger partial charge < -0.3 is 15.4 Å². The summed E-state index contributed by atoms with van der Waals surface area (Å²) in [7, 11) is -4.04. The van der Waals surface area contributed by atoms with Gasteiger partial charge in [0.2, 0.25) is 0 Å². The van der Waals surface area contributed by atoms with Gasteiger partial charge in [-0.1, -0.05) is 24.8 Å². The average Bonchev–Trinajstić information content (AvgIpc) is 3.51. The molecule has 1 fully saturated rings. The summed E-state index contributed by atoms with van der Waals surface area (Å²) in [5.74, 6) is 1.67. The quantitative estimate of drug-likeness (QED) is 0.447. The summed E-state index contributed by atoms with van der Waals surface area (Å²) in [6, 6.07) is 16.6. The predicted molar refractivity (Wildman–Crippen MR) is 131 cm³/mol. The molecule has 0 spiro atoms. The molecule has 2 aromatic heterocycles. The average molecular weight is 491 g/mol. The van der Waals surface area contributed by atoms with E-state index in [1.54, 1.807) is 4.68 Å². The molecule has 0 radical (unpaired) electrons. The molecule has 3 heterocycles. The van der Waals surface area contributed by atoms with Gasteiger partial charge >= 0.3 is 5.24 Å². The number of benzene rings is 2. The number of aromatic nitrogens is 4. The van der Waals surface area contributed by atoms with E-state index in [0.717, 1.165) is 11.3 Å². The Kier molecular flexibility index (Phi) is 5.69. The summed E-state index contributed by atoms with van der Waals surface area (Å²) >= 11 is 0. The van der Waals surface area contributed by atoms with Crippen LogP contribution in [0.2, 0.25) is 0 Å². The smallest absolute Gasteiger partial charge is 0.343 e. The zero-order chi connectivity index (χ0) is 24.6. The van der Waals surface area contributed by atoms with E-state index >= 15 is 0 Å². The van der Waals surface area contributed by atoms with Crippen molar-refractivity contribution in [3.8, 4) is 22.8 Å². The van der Waals surface area contributed by atoms with E-state index in [1.165, 1.54) is 11.2 Å². The molecule has 2 aromatic carbocycles. The molecule has 1 aliphatic heterocycles. The van der Waals surface area contributed by atoms with Gasteiger partial charge in [-0.3, -0.25) is 4.79 Å². The molecule has 0 aliphatic carbocycles. The number of carbonyl (C=O) groups is 1. The van der Waals surface area contributed by atoms with Crippen molar-refractivity contribution < 1.29 is 17.9 Å². The Labute approximate surface area is 201 Å². The van der Waals surface area contributed by atoms with Crippen LogP contribution in [0.25, 0.3) is 22.3 Å². The molecular weight excluding hydrogens is 468 g/mol. The second kappa shape index (κ2) is 8.84. The number of likely N-dealkylation sites (tertiary alicyclic amines) is 1. The highest BCUT2D eigenvalue weighted by molar-refractivity contribution is 8.08. The number of fused-ring (bicyclic) bond motifs is 1. The maximum absolute atomic E-state index is 12.4. The third-order valence-electron chi connectivity index (χ3n) is 5.86. The minimum absolute atomic E-state index is 0.176. The van der Waals surface area contributed by atoms with E-state index in [0.29, 0.717) is 34.3 Å². The second-order valence-electron chi connectivity index (χ2n) is 8.06. The lowest BCUT2D eigenvalue weighted by Gasteiger charge is -2.15. The van der Waals surface area contributed by atoms with Gasteiger partial charge in [-0.25, -0.2) is 23.1 Å². The zero-order valence-corrected chi connectivity index (χ0v) is 19.4. The van der Waals surface area contributed by atoms with Gasteiger partial charge in [0.05, 0.1) is 11.4 Å². The number of para-hydroxylation sites is 1. The van der Waals surface area contributed by atoms with Crippen LogP contribution >= 0.6 is 0 Å². The van der Waals surface area contributed by atoms with Crippen LogP contribution in [0.1, 0.15) is 12.5 Å². The fourth-order valence-corrected chi connectivity index (χ4v) is 4.78. The molecular formula is C24H22N6O4S. The van der Waals surface area contributed by atoms with Crippen molar-refractivity contribution >= 4 is 31.9 Å². The van der Waals surface area contributed by atoms with Gasteiger partial charge in [0.15, 0.2) is 5.65 Å². The topological polar surface area (TPSA) is 133 Å². The van der Waals surface area contributed by atoms with Gasteiger partial charge in [-0.2, -0.15) is 5.10 Å². The third-order valence-corrected chi connectivity index (χ3v) is 7.04. The number of ether oxygens (including phenoxy) is 1. The molecule has 178 valence electrons. The standard InChI is InChI=1S/C24H22N6O4S/c1-2-35(32,33)24(31)29-13-12-17(14-29)30-23-20(22(25)26-15-27-23)21(28-30)16-8-10-19(11-9-16)34-18-6-4-3-5-7-18/h2-11,15,17H,1,12-14H2,(H2,25,26,27). The molecule has 2 N–H and O–H groups in total. The van der Waals surface area contributed by atoms with Crippen LogP contribution in [0, 0.1) is 0 Å². The Balaban J connectivity index is 1.47. The third kappa shape index (κ3) is 4.21. The number of carbonyl (C=O) groups excluding carboxylic acids is 1. The van der Waals surface area contributed by atoms with Crippen molar-refractivity contribution in [2.45, 2.75) is 12.5 Å². The molecule has 0 bridgehead atoms. The van der Waals surface area contributed by atoms with E-state index in [4.69, 9.17) is 15.6 Å². The number of nitrogen functional groups attached to an aromatic ring is 1. The van der Waals surface area contributed by atoms with Gasteiger partial charge in [-0.05, 0) is 42.8 Å². The first-order valence-electron chi connectivity index (χ1n) is 10.9. The Bertz CT molecular complexity index is 1520. The maximum Gasteiger partial charge on any atom is 0.343 e. The lowest BCUT2D eigenvalue weighted by molar-refractivity contribution is 0.229. The van der Waals surface area contributed by atoms with Crippen LogP contribution in [-0.4, -0.2) is 51.4 Å². The molecule has 0 saturated carbocycles. The summed E-state index contributed by atoms with van der Waals surface area (Å²) in [5, 5.41) is 5.08. The number of rotatable bonds is 5. The van der Waals surface area contributed by atoms with Crippen molar-refractivity contribution in [2.24, 2.45) is 0 Å². The summed E-state index contributed by atoms with van der Waals surface area (Å²) < 4.78 is 31.4. The highest BCUT2D eigenvalue weighted by atomic mass is 32.2. The lowest BCUT2D eigenvalue weighted by Crippen LogP contribution is -2.32. The van der Waals surface area contributed by atoms with E-state index in [-0.39, 0.29) is 24.9 Å². The molecule has 5 rings (SSSR count). The highest BCUT2D eigenvalue weighted by Gasteiger charge is 2.35. The van der Waals surface area contributed by atoms with E-state index < -0.39 is 15.1 Å². The van der Waals surface area contributed by atoms with Crippen molar-refractivity contribution in [3.63, 3.8) is 0 Å². The number of anilines is 1. The predicted octanol–water partition coefficient (Wildman–Crippen LogP) is 3.79. The van der Waals surface area contributed by atoms with Crippen LogP contribution in [0.3, 0.4) is 0 Å². The van der Waals surface area contributed by atoms with Crippen molar-refractivity contribution in [1.29, 1.82) is 0 Å². The van der Waals surface area contributed by atoms with E-state index in [1.807, 2.05) is 54.6 Å². The van der Waals surface area contributed by atoms with Crippen molar-refractivity contribution in [1.82, 2.24) is 24.6 Å². The normalized spacial score (nSPS) is 15.9. The fraction of sp³-hybridized carbons (Fsp3) is 0.167. The summed E-state index contributed by atoms with van der Waals surface area (Å²) in [6.45, 7) is 3.68. The number of hydrogen-bond acceptors (Lipinski definition) is 8. The largest absolute Gasteiger partial charge is 0.457 e. The van der Waals surface area contributed by atoms with Crippen molar-refractivity contribution in [3.05, 3.63) is 72.9 Å². The monoisotopic (exact) mass is 490 g/mol.